The lowest BCUT2D eigenvalue weighted by atomic mass is 9.87. The van der Waals surface area contributed by atoms with E-state index in [-0.39, 0.29) is 41.5 Å². The van der Waals surface area contributed by atoms with E-state index >= 15 is 0 Å². The molecular formula is C24H39N3O5S. The van der Waals surface area contributed by atoms with Crippen LogP contribution in [0.1, 0.15) is 81.0 Å². The molecule has 0 radical (unpaired) electrons. The van der Waals surface area contributed by atoms with Crippen LogP contribution in [0.25, 0.3) is 0 Å². The largest absolute Gasteiger partial charge is 0.462 e. The highest BCUT2D eigenvalue weighted by molar-refractivity contribution is 7.89. The van der Waals surface area contributed by atoms with Gasteiger partial charge in [-0.1, -0.05) is 6.92 Å². The van der Waals surface area contributed by atoms with Gasteiger partial charge >= 0.3 is 5.97 Å². The number of sulfonamides is 1. The number of piperidine rings is 1. The van der Waals surface area contributed by atoms with Gasteiger partial charge in [-0.05, 0) is 72.1 Å². The Morgan fingerprint density at radius 1 is 1.06 bits per heavy atom. The topological polar surface area (TPSA) is 97.7 Å². The molecule has 0 bridgehead atoms. The number of hydrogen-bond acceptors (Lipinski definition) is 5. The van der Waals surface area contributed by atoms with Gasteiger partial charge in [0.15, 0.2) is 0 Å². The Balaban J connectivity index is 1.84. The van der Waals surface area contributed by atoms with E-state index in [1.54, 1.807) is 20.8 Å². The van der Waals surface area contributed by atoms with Crippen molar-refractivity contribution < 1.29 is 22.7 Å². The van der Waals surface area contributed by atoms with Gasteiger partial charge in [0.05, 0.1) is 12.5 Å². The lowest BCUT2D eigenvalue weighted by molar-refractivity contribution is -0.127. The molecule has 186 valence electrons. The third-order valence-electron chi connectivity index (χ3n) is 7.24. The van der Waals surface area contributed by atoms with Gasteiger partial charge in [-0.3, -0.25) is 4.79 Å². The van der Waals surface area contributed by atoms with Crippen molar-refractivity contribution in [3.8, 4) is 0 Å². The smallest absolute Gasteiger partial charge is 0.341 e. The molecule has 0 aromatic carbocycles. The number of nitrogens with one attached hydrogen (secondary N) is 1. The van der Waals surface area contributed by atoms with E-state index in [4.69, 9.17) is 4.74 Å². The van der Waals surface area contributed by atoms with E-state index in [1.807, 2.05) is 11.5 Å². The summed E-state index contributed by atoms with van der Waals surface area (Å²) in [5, 5.41) is 3.16. The summed E-state index contributed by atoms with van der Waals surface area (Å²) in [5.41, 5.74) is 1.23. The Kier molecular flexibility index (Phi) is 8.26. The Hall–Kier alpha value is -1.87. The molecule has 1 aliphatic carbocycles. The summed E-state index contributed by atoms with van der Waals surface area (Å²) in [7, 11) is -3.97. The zero-order valence-electron chi connectivity index (χ0n) is 20.6. The molecule has 2 heterocycles. The highest BCUT2D eigenvalue weighted by atomic mass is 32.2. The van der Waals surface area contributed by atoms with E-state index in [1.165, 1.54) is 4.31 Å². The zero-order valence-corrected chi connectivity index (χ0v) is 21.5. The second-order valence-corrected chi connectivity index (χ2v) is 11.4. The molecule has 33 heavy (non-hydrogen) atoms. The molecule has 1 unspecified atom stereocenters. The Morgan fingerprint density at radius 3 is 2.33 bits per heavy atom. The molecule has 3 rings (SSSR count). The molecule has 2 fully saturated rings. The second kappa shape index (κ2) is 10.6. The van der Waals surface area contributed by atoms with Crippen molar-refractivity contribution in [3.05, 3.63) is 17.0 Å². The number of ether oxygens (including phenoxy) is 1. The third kappa shape index (κ3) is 5.29. The number of amides is 1. The van der Waals surface area contributed by atoms with Crippen molar-refractivity contribution in [3.63, 3.8) is 0 Å². The molecule has 1 aromatic heterocycles. The van der Waals surface area contributed by atoms with Crippen molar-refractivity contribution in [1.82, 2.24) is 14.2 Å². The van der Waals surface area contributed by atoms with Gasteiger partial charge in [0.1, 0.15) is 10.5 Å². The number of esters is 1. The molecule has 1 saturated heterocycles. The van der Waals surface area contributed by atoms with E-state index < -0.39 is 16.0 Å². The highest BCUT2D eigenvalue weighted by Gasteiger charge is 2.39. The summed E-state index contributed by atoms with van der Waals surface area (Å²) in [6.45, 7) is 10.5. The fraction of sp³-hybridized carbons (Fsp3) is 0.750. The SMILES string of the molecule is CCOC(=O)c1c(S(=O)(=O)N2CCCC(C(=O)NC3CCC(C)CC3)C2)c(C)n(CC)c1C. The summed E-state index contributed by atoms with van der Waals surface area (Å²) in [4.78, 5) is 25.7. The van der Waals surface area contributed by atoms with Gasteiger partial charge in [0, 0.05) is 37.1 Å². The fourth-order valence-electron chi connectivity index (χ4n) is 5.32. The first-order valence-electron chi connectivity index (χ1n) is 12.3. The molecule has 2 aliphatic rings. The average Bonchev–Trinajstić information content (AvgIpc) is 3.05. The van der Waals surface area contributed by atoms with Gasteiger partial charge < -0.3 is 14.6 Å². The zero-order chi connectivity index (χ0) is 24.3. The van der Waals surface area contributed by atoms with Crippen LogP contribution in [0.15, 0.2) is 4.90 Å². The summed E-state index contributed by atoms with van der Waals surface area (Å²) in [6.07, 6.45) is 5.46. The van der Waals surface area contributed by atoms with Crippen molar-refractivity contribution in [2.45, 2.75) is 90.6 Å². The molecule has 1 amide bonds. The second-order valence-electron chi connectivity index (χ2n) is 9.51. The summed E-state index contributed by atoms with van der Waals surface area (Å²) < 4.78 is 36.0. The number of nitrogens with zero attached hydrogens (tertiary/aromatic N) is 2. The van der Waals surface area contributed by atoms with Gasteiger partial charge in [-0.15, -0.1) is 0 Å². The van der Waals surface area contributed by atoms with Crippen molar-refractivity contribution in [1.29, 1.82) is 0 Å². The first kappa shape index (κ1) is 25.7. The first-order valence-corrected chi connectivity index (χ1v) is 13.7. The maximum absolute atomic E-state index is 13.8. The van der Waals surface area contributed by atoms with Gasteiger partial charge in [0.2, 0.25) is 15.9 Å². The van der Waals surface area contributed by atoms with E-state index in [2.05, 4.69) is 12.2 Å². The van der Waals surface area contributed by atoms with Crippen molar-refractivity contribution in [2.75, 3.05) is 19.7 Å². The number of rotatable bonds is 7. The molecular weight excluding hydrogens is 442 g/mol. The minimum atomic E-state index is -3.97. The molecule has 8 nitrogen and oxygen atoms in total. The molecule has 1 aliphatic heterocycles. The number of hydrogen-bond donors (Lipinski definition) is 1. The van der Waals surface area contributed by atoms with Crippen LogP contribution in [0.3, 0.4) is 0 Å². The van der Waals surface area contributed by atoms with E-state index in [0.29, 0.717) is 43.2 Å². The monoisotopic (exact) mass is 481 g/mol. The quantitative estimate of drug-likeness (QED) is 0.602. The van der Waals surface area contributed by atoms with E-state index in [0.717, 1.165) is 25.7 Å². The van der Waals surface area contributed by atoms with Crippen LogP contribution >= 0.6 is 0 Å². The number of carbonyl (C=O) groups is 2. The van der Waals surface area contributed by atoms with Crippen molar-refractivity contribution >= 4 is 21.9 Å². The van der Waals surface area contributed by atoms with Crippen LogP contribution in [0.2, 0.25) is 0 Å². The maximum Gasteiger partial charge on any atom is 0.341 e. The van der Waals surface area contributed by atoms with Crippen LogP contribution in [0.5, 0.6) is 0 Å². The Labute approximate surface area is 198 Å². The van der Waals surface area contributed by atoms with Crippen LogP contribution < -0.4 is 5.32 Å². The summed E-state index contributed by atoms with van der Waals surface area (Å²) in [6, 6.07) is 0.180. The molecule has 1 atom stereocenters. The standard InChI is InChI=1S/C24H39N3O5S/c1-6-27-17(4)21(24(29)32-7-2)22(18(27)5)33(30,31)26-14-8-9-19(15-26)23(28)25-20-12-10-16(3)11-13-20/h16,19-20H,6-15H2,1-5H3,(H,25,28). The minimum Gasteiger partial charge on any atom is -0.462 e. The summed E-state index contributed by atoms with van der Waals surface area (Å²) in [5.74, 6) is -0.362. The van der Waals surface area contributed by atoms with Crippen LogP contribution in [-0.2, 0) is 26.1 Å². The number of aromatic nitrogens is 1. The fourth-order valence-corrected chi connectivity index (χ4v) is 7.29. The highest BCUT2D eigenvalue weighted by Crippen LogP contribution is 2.33. The molecule has 1 saturated carbocycles. The maximum atomic E-state index is 13.8. The van der Waals surface area contributed by atoms with Crippen LogP contribution in [-0.4, -0.2) is 54.9 Å². The molecule has 1 aromatic rings. The third-order valence-corrected chi connectivity index (χ3v) is 9.26. The van der Waals surface area contributed by atoms with Gasteiger partial charge in [-0.2, -0.15) is 4.31 Å². The predicted molar refractivity (Wildman–Crippen MR) is 127 cm³/mol. The van der Waals surface area contributed by atoms with E-state index in [9.17, 15) is 18.0 Å². The normalized spacial score (nSPS) is 24.5. The lowest BCUT2D eigenvalue weighted by Gasteiger charge is -2.33. The van der Waals surface area contributed by atoms with Gasteiger partial charge in [-0.25, -0.2) is 13.2 Å². The predicted octanol–water partition coefficient (Wildman–Crippen LogP) is 3.40. The Morgan fingerprint density at radius 2 is 1.73 bits per heavy atom. The average molecular weight is 482 g/mol. The van der Waals surface area contributed by atoms with Gasteiger partial charge in [0.25, 0.3) is 0 Å². The molecule has 9 heteroatoms. The van der Waals surface area contributed by atoms with Crippen LogP contribution in [0, 0.1) is 25.7 Å². The molecule has 1 N–H and O–H groups in total. The first-order chi connectivity index (χ1) is 15.6. The Bertz CT molecular complexity index is 977. The summed E-state index contributed by atoms with van der Waals surface area (Å²) >= 11 is 0. The number of carbonyl (C=O) groups excluding carboxylic acids is 2. The van der Waals surface area contributed by atoms with Crippen molar-refractivity contribution in [2.24, 2.45) is 11.8 Å². The minimum absolute atomic E-state index is 0.0163. The molecule has 0 spiro atoms. The van der Waals surface area contributed by atoms with Crippen LogP contribution in [0.4, 0.5) is 0 Å². The lowest BCUT2D eigenvalue weighted by Crippen LogP contribution is -2.48.